The predicted octanol–water partition coefficient (Wildman–Crippen LogP) is 1.78. The van der Waals surface area contributed by atoms with Crippen molar-refractivity contribution in [3.05, 3.63) is 41.2 Å². The number of rotatable bonds is 8. The molecule has 0 bridgehead atoms. The number of amides is 2. The Labute approximate surface area is 155 Å². The molecule has 0 aliphatic carbocycles. The number of hydrogen-bond donors (Lipinski definition) is 1. The topological polar surface area (TPSA) is 100 Å². The van der Waals surface area contributed by atoms with Crippen LogP contribution in [0.3, 0.4) is 0 Å². The quantitative estimate of drug-likeness (QED) is 0.432. The van der Waals surface area contributed by atoms with Crippen molar-refractivity contribution < 1.29 is 9.59 Å². The third-order valence-electron chi connectivity index (χ3n) is 3.16. The highest BCUT2D eigenvalue weighted by Gasteiger charge is 2.14. The highest BCUT2D eigenvalue weighted by Crippen LogP contribution is 2.23. The zero-order chi connectivity index (χ0) is 18.9. The zero-order valence-electron chi connectivity index (χ0n) is 14.8. The molecule has 0 aromatic carbocycles. The Balaban J connectivity index is 2.27. The number of nitrogens with one attached hydrogen (secondary N) is 1. The van der Waals surface area contributed by atoms with E-state index in [0.717, 1.165) is 16.3 Å². The Bertz CT molecular complexity index is 813. The molecular weight excluding hydrogens is 352 g/mol. The van der Waals surface area contributed by atoms with Gasteiger partial charge in [-0.3, -0.25) is 14.6 Å². The van der Waals surface area contributed by atoms with Crippen LogP contribution in [0.4, 0.5) is 0 Å². The van der Waals surface area contributed by atoms with Crippen LogP contribution in [-0.2, 0) is 9.59 Å². The van der Waals surface area contributed by atoms with Gasteiger partial charge < -0.3 is 5.32 Å². The number of allylic oxidation sites excluding steroid dienone is 2. The van der Waals surface area contributed by atoms with Gasteiger partial charge in [-0.1, -0.05) is 17.4 Å². The average molecular weight is 372 g/mol. The Hall–Kier alpha value is -2.94. The smallest absolute Gasteiger partial charge is 0.241 e. The fourth-order valence-corrected chi connectivity index (χ4v) is 2.78. The third-order valence-corrected chi connectivity index (χ3v) is 4.16. The monoisotopic (exact) mass is 372 g/mol. The van der Waals surface area contributed by atoms with Gasteiger partial charge in [-0.2, -0.15) is 5.10 Å². The van der Waals surface area contributed by atoms with Gasteiger partial charge >= 0.3 is 0 Å². The van der Waals surface area contributed by atoms with E-state index in [0.29, 0.717) is 28.7 Å². The van der Waals surface area contributed by atoms with E-state index in [2.05, 4.69) is 25.6 Å². The lowest BCUT2D eigenvalue weighted by Gasteiger charge is -2.11. The SMILES string of the molecule is C/C=C\C(=N/N(C=O)CC(=O)NCC)c1nnc(-c2ccc(C)nc2)s1. The molecule has 136 valence electrons. The molecule has 2 amide bonds. The van der Waals surface area contributed by atoms with Gasteiger partial charge in [-0.15, -0.1) is 10.2 Å². The van der Waals surface area contributed by atoms with E-state index in [1.54, 1.807) is 25.3 Å². The molecule has 9 heteroatoms. The molecule has 2 aromatic heterocycles. The minimum atomic E-state index is -0.285. The number of hydrogen-bond acceptors (Lipinski definition) is 7. The van der Waals surface area contributed by atoms with Gasteiger partial charge in [0.25, 0.3) is 0 Å². The van der Waals surface area contributed by atoms with Gasteiger partial charge in [-0.25, -0.2) is 5.01 Å². The largest absolute Gasteiger partial charge is 0.355 e. The van der Waals surface area contributed by atoms with Crippen LogP contribution >= 0.6 is 11.3 Å². The number of carbonyl (C=O) groups is 2. The lowest BCUT2D eigenvalue weighted by molar-refractivity contribution is -0.127. The number of likely N-dealkylation sites (N-methyl/N-ethyl adjacent to an activating group) is 1. The van der Waals surface area contributed by atoms with E-state index in [9.17, 15) is 9.59 Å². The summed E-state index contributed by atoms with van der Waals surface area (Å²) in [4.78, 5) is 27.2. The summed E-state index contributed by atoms with van der Waals surface area (Å²) in [5, 5.41) is 17.5. The zero-order valence-corrected chi connectivity index (χ0v) is 15.7. The van der Waals surface area contributed by atoms with Crippen molar-refractivity contribution in [1.82, 2.24) is 25.5 Å². The molecule has 26 heavy (non-hydrogen) atoms. The minimum Gasteiger partial charge on any atom is -0.355 e. The van der Waals surface area contributed by atoms with Crippen LogP contribution in [-0.4, -0.2) is 51.3 Å². The summed E-state index contributed by atoms with van der Waals surface area (Å²) >= 11 is 1.33. The van der Waals surface area contributed by atoms with Crippen LogP contribution in [0.2, 0.25) is 0 Å². The minimum absolute atomic E-state index is 0.161. The predicted molar refractivity (Wildman–Crippen MR) is 101 cm³/mol. The Morgan fingerprint density at radius 1 is 1.38 bits per heavy atom. The van der Waals surface area contributed by atoms with Crippen LogP contribution in [0.5, 0.6) is 0 Å². The molecule has 2 heterocycles. The van der Waals surface area contributed by atoms with E-state index in [4.69, 9.17) is 0 Å². The second-order valence-electron chi connectivity index (χ2n) is 5.24. The molecule has 0 saturated heterocycles. The van der Waals surface area contributed by atoms with Crippen molar-refractivity contribution in [3.63, 3.8) is 0 Å². The second-order valence-corrected chi connectivity index (χ2v) is 6.22. The first-order valence-corrected chi connectivity index (χ1v) is 8.85. The lowest BCUT2D eigenvalue weighted by atomic mass is 10.3. The summed E-state index contributed by atoms with van der Waals surface area (Å²) in [5.74, 6) is -0.285. The van der Waals surface area contributed by atoms with Crippen LogP contribution in [0.25, 0.3) is 10.6 Å². The Morgan fingerprint density at radius 2 is 2.19 bits per heavy atom. The molecule has 0 aliphatic heterocycles. The molecule has 0 unspecified atom stereocenters. The van der Waals surface area contributed by atoms with Gasteiger partial charge in [0, 0.05) is 24.0 Å². The van der Waals surface area contributed by atoms with Crippen molar-refractivity contribution in [2.45, 2.75) is 20.8 Å². The number of pyridine rings is 1. The van der Waals surface area contributed by atoms with E-state index < -0.39 is 0 Å². The molecule has 8 nitrogen and oxygen atoms in total. The normalized spacial score (nSPS) is 11.6. The maximum absolute atomic E-state index is 11.7. The van der Waals surface area contributed by atoms with E-state index >= 15 is 0 Å². The molecule has 1 N–H and O–H groups in total. The highest BCUT2D eigenvalue weighted by molar-refractivity contribution is 7.16. The number of hydrazone groups is 1. The van der Waals surface area contributed by atoms with Gasteiger partial charge in [0.05, 0.1) is 0 Å². The van der Waals surface area contributed by atoms with Gasteiger partial charge in [-0.05, 0) is 39.0 Å². The molecule has 2 aromatic rings. The lowest BCUT2D eigenvalue weighted by Crippen LogP contribution is -2.34. The van der Waals surface area contributed by atoms with Crippen molar-refractivity contribution in [1.29, 1.82) is 0 Å². The van der Waals surface area contributed by atoms with Gasteiger partial charge in [0.1, 0.15) is 17.3 Å². The fourth-order valence-electron chi connectivity index (χ4n) is 1.98. The van der Waals surface area contributed by atoms with Crippen LogP contribution in [0.15, 0.2) is 35.6 Å². The molecule has 2 rings (SSSR count). The van der Waals surface area contributed by atoms with E-state index in [-0.39, 0.29) is 12.5 Å². The summed E-state index contributed by atoms with van der Waals surface area (Å²) in [5.41, 5.74) is 2.23. The number of nitrogens with zero attached hydrogens (tertiary/aromatic N) is 5. The molecule has 0 aliphatic rings. The maximum atomic E-state index is 11.7. The first-order chi connectivity index (χ1) is 12.6. The summed E-state index contributed by atoms with van der Waals surface area (Å²) < 4.78 is 0. The highest BCUT2D eigenvalue weighted by atomic mass is 32.1. The Kier molecular flexibility index (Phi) is 7.10. The van der Waals surface area contributed by atoms with Crippen molar-refractivity contribution in [3.8, 4) is 10.6 Å². The molecule has 0 fully saturated rings. The molecule has 0 saturated carbocycles. The van der Waals surface area contributed by atoms with Gasteiger partial charge in [0.2, 0.25) is 12.3 Å². The van der Waals surface area contributed by atoms with Crippen LogP contribution < -0.4 is 5.32 Å². The summed E-state index contributed by atoms with van der Waals surface area (Å²) in [6, 6.07) is 3.82. The number of aryl methyl sites for hydroxylation is 1. The molecule has 0 radical (unpaired) electrons. The molecular formula is C17H20N6O2S. The van der Waals surface area contributed by atoms with Crippen molar-refractivity contribution in [2.24, 2.45) is 5.10 Å². The summed E-state index contributed by atoms with van der Waals surface area (Å²) in [6.07, 6.45) is 5.73. The molecule has 0 atom stereocenters. The first-order valence-electron chi connectivity index (χ1n) is 8.04. The summed E-state index contributed by atoms with van der Waals surface area (Å²) in [7, 11) is 0. The third kappa shape index (κ3) is 5.28. The van der Waals surface area contributed by atoms with E-state index in [1.165, 1.54) is 11.3 Å². The van der Waals surface area contributed by atoms with Crippen LogP contribution in [0.1, 0.15) is 24.5 Å². The van der Waals surface area contributed by atoms with Crippen molar-refractivity contribution in [2.75, 3.05) is 13.1 Å². The van der Waals surface area contributed by atoms with E-state index in [1.807, 2.05) is 26.0 Å². The Morgan fingerprint density at radius 3 is 2.81 bits per heavy atom. The fraction of sp³-hybridized carbons (Fsp3) is 0.294. The second kappa shape index (κ2) is 9.52. The van der Waals surface area contributed by atoms with Crippen LogP contribution in [0, 0.1) is 6.92 Å². The summed E-state index contributed by atoms with van der Waals surface area (Å²) in [6.45, 7) is 5.87. The van der Waals surface area contributed by atoms with Crippen molar-refractivity contribution >= 4 is 29.4 Å². The average Bonchev–Trinajstić information content (AvgIpc) is 3.11. The maximum Gasteiger partial charge on any atom is 0.241 e. The standard InChI is InChI=1S/C17H20N6O2S/c1-4-6-14(22-23(11-24)10-15(25)18-5-2)17-21-20-16(26-17)13-8-7-12(3)19-9-13/h4,6-9,11H,5,10H2,1-3H3,(H,18,25)/b6-4-,22-14+. The number of carbonyl (C=O) groups excluding carboxylic acids is 2. The first kappa shape index (κ1) is 19.4. The van der Waals surface area contributed by atoms with Gasteiger partial charge in [0.15, 0.2) is 5.01 Å². The molecule has 0 spiro atoms. The number of aromatic nitrogens is 3.